The number of rotatable bonds is 4. The number of esters is 1. The van der Waals surface area contributed by atoms with Gasteiger partial charge in [0.15, 0.2) is 0 Å². The number of amides is 2. The number of methoxy groups -OCH3 is 1. The van der Waals surface area contributed by atoms with Gasteiger partial charge in [0.1, 0.15) is 12.4 Å². The molecule has 0 heterocycles. The van der Waals surface area contributed by atoms with Crippen LogP contribution in [0.3, 0.4) is 0 Å². The van der Waals surface area contributed by atoms with Crippen molar-refractivity contribution in [2.24, 2.45) is 0 Å². The molecule has 1 fully saturated rings. The Balaban J connectivity index is 2.00. The number of urea groups is 1. The monoisotopic (exact) mass is 280 g/mol. The first kappa shape index (κ1) is 14.3. The Morgan fingerprint density at radius 3 is 2.45 bits per heavy atom. The van der Waals surface area contributed by atoms with E-state index in [9.17, 15) is 14.0 Å². The number of benzene rings is 1. The van der Waals surface area contributed by atoms with E-state index in [0.717, 1.165) is 18.4 Å². The van der Waals surface area contributed by atoms with Crippen molar-refractivity contribution >= 4 is 12.0 Å². The van der Waals surface area contributed by atoms with Crippen LogP contribution >= 0.6 is 0 Å². The van der Waals surface area contributed by atoms with E-state index in [1.165, 1.54) is 31.2 Å². The van der Waals surface area contributed by atoms with Crippen LogP contribution in [0.2, 0.25) is 0 Å². The van der Waals surface area contributed by atoms with Crippen LogP contribution in [0.25, 0.3) is 0 Å². The summed E-state index contributed by atoms with van der Waals surface area (Å²) in [6.45, 7) is -0.109. The van der Waals surface area contributed by atoms with Gasteiger partial charge in [0.25, 0.3) is 0 Å². The number of nitrogens with zero attached hydrogens (tertiary/aromatic N) is 1. The van der Waals surface area contributed by atoms with Crippen LogP contribution in [-0.2, 0) is 15.1 Å². The lowest BCUT2D eigenvalue weighted by Gasteiger charge is -2.23. The molecule has 1 aliphatic carbocycles. The second-order valence-electron chi connectivity index (χ2n) is 4.95. The predicted octanol–water partition coefficient (Wildman–Crippen LogP) is 1.63. The molecule has 2 rings (SSSR count). The Labute approximate surface area is 116 Å². The van der Waals surface area contributed by atoms with E-state index < -0.39 is 11.5 Å². The topological polar surface area (TPSA) is 58.6 Å². The van der Waals surface area contributed by atoms with Crippen molar-refractivity contribution in [2.45, 2.75) is 18.4 Å². The molecule has 0 atom stereocenters. The Kier molecular flexibility index (Phi) is 3.92. The highest BCUT2D eigenvalue weighted by Crippen LogP contribution is 2.45. The highest BCUT2D eigenvalue weighted by Gasteiger charge is 2.46. The van der Waals surface area contributed by atoms with Crippen molar-refractivity contribution in [3.05, 3.63) is 35.6 Å². The average Bonchev–Trinajstić information content (AvgIpc) is 3.19. The molecule has 20 heavy (non-hydrogen) atoms. The first-order valence-corrected chi connectivity index (χ1v) is 6.33. The summed E-state index contributed by atoms with van der Waals surface area (Å²) in [6, 6.07) is 5.74. The normalized spacial score (nSPS) is 15.3. The van der Waals surface area contributed by atoms with Crippen molar-refractivity contribution in [1.29, 1.82) is 0 Å². The van der Waals surface area contributed by atoms with Crippen LogP contribution in [0, 0.1) is 5.82 Å². The van der Waals surface area contributed by atoms with Crippen LogP contribution in [0.1, 0.15) is 18.4 Å². The maximum absolute atomic E-state index is 12.9. The van der Waals surface area contributed by atoms with Gasteiger partial charge in [0.05, 0.1) is 12.6 Å². The minimum absolute atomic E-state index is 0.109. The van der Waals surface area contributed by atoms with Gasteiger partial charge in [-0.2, -0.15) is 0 Å². The van der Waals surface area contributed by atoms with Gasteiger partial charge in [-0.3, -0.25) is 4.79 Å². The first-order chi connectivity index (χ1) is 9.47. The molecule has 2 amide bonds. The van der Waals surface area contributed by atoms with Gasteiger partial charge >= 0.3 is 12.0 Å². The molecule has 5 nitrogen and oxygen atoms in total. The maximum Gasteiger partial charge on any atom is 0.325 e. The number of nitrogens with one attached hydrogen (secondary N) is 1. The molecule has 1 saturated carbocycles. The SMILES string of the molecule is COC(=O)CN(C)C(=O)NC1(c2ccc(F)cc2)CC1. The molecule has 1 N–H and O–H groups in total. The molecule has 0 aliphatic heterocycles. The zero-order chi connectivity index (χ0) is 14.8. The average molecular weight is 280 g/mol. The van der Waals surface area contributed by atoms with Gasteiger partial charge in [-0.1, -0.05) is 12.1 Å². The second kappa shape index (κ2) is 5.48. The van der Waals surface area contributed by atoms with E-state index in [2.05, 4.69) is 10.1 Å². The number of carbonyl (C=O) groups excluding carboxylic acids is 2. The van der Waals surface area contributed by atoms with Gasteiger partial charge < -0.3 is 15.0 Å². The largest absolute Gasteiger partial charge is 0.468 e. The molecule has 0 aromatic heterocycles. The fraction of sp³-hybridized carbons (Fsp3) is 0.429. The molecule has 0 unspecified atom stereocenters. The Bertz CT molecular complexity index is 512. The summed E-state index contributed by atoms with van der Waals surface area (Å²) in [5, 5.41) is 2.89. The zero-order valence-electron chi connectivity index (χ0n) is 11.5. The Hall–Kier alpha value is -2.11. The number of likely N-dealkylation sites (N-methyl/N-ethyl adjacent to an activating group) is 1. The van der Waals surface area contributed by atoms with Crippen molar-refractivity contribution in [1.82, 2.24) is 10.2 Å². The second-order valence-corrected chi connectivity index (χ2v) is 4.95. The van der Waals surface area contributed by atoms with Gasteiger partial charge in [0, 0.05) is 7.05 Å². The third-order valence-electron chi connectivity index (χ3n) is 3.43. The lowest BCUT2D eigenvalue weighted by Crippen LogP contribution is -2.45. The smallest absolute Gasteiger partial charge is 0.325 e. The lowest BCUT2D eigenvalue weighted by atomic mass is 10.1. The fourth-order valence-electron chi connectivity index (χ4n) is 2.01. The maximum atomic E-state index is 12.9. The summed E-state index contributed by atoms with van der Waals surface area (Å²) in [4.78, 5) is 24.4. The van der Waals surface area contributed by atoms with Crippen LogP contribution in [0.4, 0.5) is 9.18 Å². The minimum atomic E-state index is -0.478. The third kappa shape index (κ3) is 3.07. The third-order valence-corrected chi connectivity index (χ3v) is 3.43. The number of halogens is 1. The van der Waals surface area contributed by atoms with Crippen LogP contribution < -0.4 is 5.32 Å². The van der Waals surface area contributed by atoms with E-state index in [1.807, 2.05) is 0 Å². The van der Waals surface area contributed by atoms with Crippen LogP contribution in [-0.4, -0.2) is 37.6 Å². The van der Waals surface area contributed by atoms with Crippen molar-refractivity contribution in [3.8, 4) is 0 Å². The summed E-state index contributed by atoms with van der Waals surface area (Å²) in [5.41, 5.74) is 0.438. The molecular formula is C14H17FN2O3. The van der Waals surface area contributed by atoms with Gasteiger partial charge in [-0.05, 0) is 30.5 Å². The van der Waals surface area contributed by atoms with Gasteiger partial charge in [0.2, 0.25) is 0 Å². The van der Waals surface area contributed by atoms with Crippen molar-refractivity contribution in [3.63, 3.8) is 0 Å². The number of hydrogen-bond donors (Lipinski definition) is 1. The molecule has 0 spiro atoms. The molecule has 6 heteroatoms. The molecule has 1 aliphatic rings. The fourth-order valence-corrected chi connectivity index (χ4v) is 2.01. The first-order valence-electron chi connectivity index (χ1n) is 6.33. The summed E-state index contributed by atoms with van der Waals surface area (Å²) in [7, 11) is 2.79. The Morgan fingerprint density at radius 1 is 1.35 bits per heavy atom. The molecule has 0 bridgehead atoms. The highest BCUT2D eigenvalue weighted by molar-refractivity contribution is 5.81. The summed E-state index contributed by atoms with van der Waals surface area (Å²) in [6.07, 6.45) is 1.60. The quantitative estimate of drug-likeness (QED) is 0.853. The van der Waals surface area contributed by atoms with E-state index in [-0.39, 0.29) is 18.4 Å². The van der Waals surface area contributed by atoms with E-state index in [4.69, 9.17) is 0 Å². The van der Waals surface area contributed by atoms with Gasteiger partial charge in [-0.25, -0.2) is 9.18 Å². The molecule has 0 saturated heterocycles. The zero-order valence-corrected chi connectivity index (χ0v) is 11.5. The number of hydrogen-bond acceptors (Lipinski definition) is 3. The molecule has 0 radical (unpaired) electrons. The van der Waals surface area contributed by atoms with E-state index >= 15 is 0 Å². The van der Waals surface area contributed by atoms with Crippen LogP contribution in [0.5, 0.6) is 0 Å². The number of ether oxygens (including phenoxy) is 1. The summed E-state index contributed by atoms with van der Waals surface area (Å²) in [5.74, 6) is -0.784. The minimum Gasteiger partial charge on any atom is -0.468 e. The van der Waals surface area contributed by atoms with E-state index in [1.54, 1.807) is 12.1 Å². The summed E-state index contributed by atoms with van der Waals surface area (Å²) >= 11 is 0. The van der Waals surface area contributed by atoms with E-state index in [0.29, 0.717) is 0 Å². The molecule has 1 aromatic rings. The Morgan fingerprint density at radius 2 is 1.95 bits per heavy atom. The molecule has 1 aromatic carbocycles. The highest BCUT2D eigenvalue weighted by atomic mass is 19.1. The van der Waals surface area contributed by atoms with Crippen molar-refractivity contribution in [2.75, 3.05) is 20.7 Å². The number of carbonyl (C=O) groups is 2. The molecular weight excluding hydrogens is 263 g/mol. The summed E-state index contributed by atoms with van der Waals surface area (Å²) < 4.78 is 17.4. The van der Waals surface area contributed by atoms with Gasteiger partial charge in [-0.15, -0.1) is 0 Å². The predicted molar refractivity (Wildman–Crippen MR) is 70.5 cm³/mol. The lowest BCUT2D eigenvalue weighted by molar-refractivity contribution is -0.141. The standard InChI is InChI=1S/C14H17FN2O3/c1-17(9-12(18)20-2)13(19)16-14(7-8-14)10-3-5-11(15)6-4-10/h3-6H,7-9H2,1-2H3,(H,16,19). The van der Waals surface area contributed by atoms with Crippen LogP contribution in [0.15, 0.2) is 24.3 Å². The van der Waals surface area contributed by atoms with Crippen molar-refractivity contribution < 1.29 is 18.7 Å². The molecule has 108 valence electrons.